The van der Waals surface area contributed by atoms with Crippen LogP contribution < -0.4 is 5.73 Å². The van der Waals surface area contributed by atoms with Gasteiger partial charge in [0.05, 0.1) is 17.6 Å². The highest BCUT2D eigenvalue weighted by Crippen LogP contribution is 2.18. The molecular weight excluding hydrogens is 224 g/mol. The zero-order chi connectivity index (χ0) is 12.1. The first-order chi connectivity index (χ1) is 7.52. The Hall–Kier alpha value is -0.840. The van der Waals surface area contributed by atoms with Crippen molar-refractivity contribution in [1.29, 1.82) is 0 Å². The van der Waals surface area contributed by atoms with E-state index >= 15 is 0 Å². The number of nitrogens with two attached hydrogens (primary N) is 1. The first kappa shape index (κ1) is 13.2. The predicted octanol–water partition coefficient (Wildman–Crippen LogP) is 1.92. The third-order valence-electron chi connectivity index (χ3n) is 2.61. The molecule has 16 heavy (non-hydrogen) atoms. The number of carbonyl (C=O) groups excluding carboxylic acids is 1. The molecule has 1 rings (SSSR count). The summed E-state index contributed by atoms with van der Waals surface area (Å²) in [4.78, 5) is 13.9. The summed E-state index contributed by atoms with van der Waals surface area (Å²) in [5.74, 6) is 0.344. The van der Waals surface area contributed by atoms with Gasteiger partial charge in [-0.05, 0) is 25.2 Å². The van der Waals surface area contributed by atoms with Crippen molar-refractivity contribution >= 4 is 23.3 Å². The molecule has 1 fully saturated rings. The predicted molar refractivity (Wildman–Crippen MR) is 67.3 cm³/mol. The van der Waals surface area contributed by atoms with Gasteiger partial charge in [0, 0.05) is 6.54 Å². The number of hydrogen-bond donors (Lipinski definition) is 1. The van der Waals surface area contributed by atoms with Gasteiger partial charge in [0.25, 0.3) is 0 Å². The Labute approximate surface area is 102 Å². The third-order valence-corrected chi connectivity index (χ3v) is 2.88. The van der Waals surface area contributed by atoms with E-state index in [0.717, 1.165) is 19.3 Å². The minimum Gasteiger partial charge on any atom is -0.449 e. The Balaban J connectivity index is 2.54. The molecule has 1 aliphatic rings. The van der Waals surface area contributed by atoms with Crippen molar-refractivity contribution in [3.63, 3.8) is 0 Å². The zero-order valence-electron chi connectivity index (χ0n) is 9.94. The molecule has 1 saturated heterocycles. The molecule has 0 spiro atoms. The molecule has 0 bridgehead atoms. The SMILES string of the molecule is CC(C)COC(=O)N1CCCCC1C(N)=S. The Morgan fingerprint density at radius 3 is 2.81 bits per heavy atom. The first-order valence-electron chi connectivity index (χ1n) is 5.75. The lowest BCUT2D eigenvalue weighted by atomic mass is 10.0. The van der Waals surface area contributed by atoms with Crippen LogP contribution in [0.4, 0.5) is 4.79 Å². The molecule has 1 aliphatic heterocycles. The Morgan fingerprint density at radius 2 is 2.25 bits per heavy atom. The van der Waals surface area contributed by atoms with E-state index in [1.54, 1.807) is 4.90 Å². The Kier molecular flexibility index (Phi) is 4.99. The maximum atomic E-state index is 11.8. The van der Waals surface area contributed by atoms with Crippen LogP contribution in [0.2, 0.25) is 0 Å². The number of rotatable bonds is 3. The molecule has 1 heterocycles. The molecule has 1 atom stereocenters. The normalized spacial score (nSPS) is 20.9. The van der Waals surface area contributed by atoms with Gasteiger partial charge in [0.2, 0.25) is 0 Å². The number of amides is 1. The molecule has 0 aromatic heterocycles. The summed E-state index contributed by atoms with van der Waals surface area (Å²) in [5.41, 5.74) is 5.63. The number of carbonyl (C=O) groups is 1. The molecule has 0 radical (unpaired) electrons. The summed E-state index contributed by atoms with van der Waals surface area (Å²) in [5, 5.41) is 0. The second-order valence-corrected chi connectivity index (χ2v) is 5.05. The molecule has 0 aromatic carbocycles. The standard InChI is InChI=1S/C11H20N2O2S/c1-8(2)7-15-11(14)13-6-4-3-5-9(13)10(12)16/h8-9H,3-7H2,1-2H3,(H2,12,16). The van der Waals surface area contributed by atoms with Gasteiger partial charge in [0.15, 0.2) is 0 Å². The number of ether oxygens (including phenoxy) is 1. The monoisotopic (exact) mass is 244 g/mol. The van der Waals surface area contributed by atoms with Gasteiger partial charge >= 0.3 is 6.09 Å². The highest BCUT2D eigenvalue weighted by Gasteiger charge is 2.29. The minimum absolute atomic E-state index is 0.122. The van der Waals surface area contributed by atoms with E-state index in [1.807, 2.05) is 13.8 Å². The summed E-state index contributed by atoms with van der Waals surface area (Å²) >= 11 is 4.98. The van der Waals surface area contributed by atoms with Crippen molar-refractivity contribution in [3.8, 4) is 0 Å². The molecule has 0 aromatic rings. The van der Waals surface area contributed by atoms with Crippen LogP contribution in [-0.4, -0.2) is 35.2 Å². The summed E-state index contributed by atoms with van der Waals surface area (Å²) in [6.07, 6.45) is 2.63. The maximum Gasteiger partial charge on any atom is 0.410 e. The van der Waals surface area contributed by atoms with Gasteiger partial charge in [-0.1, -0.05) is 26.1 Å². The molecule has 0 aliphatic carbocycles. The van der Waals surface area contributed by atoms with E-state index in [0.29, 0.717) is 24.1 Å². The lowest BCUT2D eigenvalue weighted by Crippen LogP contribution is -2.50. The molecule has 2 N–H and O–H groups in total. The Morgan fingerprint density at radius 1 is 1.56 bits per heavy atom. The number of thiocarbonyl (C=S) groups is 1. The van der Waals surface area contributed by atoms with E-state index in [1.165, 1.54) is 0 Å². The lowest BCUT2D eigenvalue weighted by molar-refractivity contribution is 0.0776. The van der Waals surface area contributed by atoms with Crippen molar-refractivity contribution in [1.82, 2.24) is 4.90 Å². The largest absolute Gasteiger partial charge is 0.449 e. The summed E-state index contributed by atoms with van der Waals surface area (Å²) in [7, 11) is 0. The minimum atomic E-state index is -0.286. The van der Waals surface area contributed by atoms with E-state index in [4.69, 9.17) is 22.7 Å². The van der Waals surface area contributed by atoms with Crippen LogP contribution >= 0.6 is 12.2 Å². The second kappa shape index (κ2) is 6.03. The summed E-state index contributed by atoms with van der Waals surface area (Å²) < 4.78 is 5.20. The maximum absolute atomic E-state index is 11.8. The van der Waals surface area contributed by atoms with Crippen molar-refractivity contribution in [2.45, 2.75) is 39.2 Å². The van der Waals surface area contributed by atoms with Crippen LogP contribution in [-0.2, 0) is 4.74 Å². The van der Waals surface area contributed by atoms with E-state index in [-0.39, 0.29) is 12.1 Å². The van der Waals surface area contributed by atoms with Gasteiger partial charge in [0.1, 0.15) is 0 Å². The Bertz CT molecular complexity index is 269. The van der Waals surface area contributed by atoms with Crippen molar-refractivity contribution in [2.24, 2.45) is 11.7 Å². The van der Waals surface area contributed by atoms with Gasteiger partial charge in [-0.15, -0.1) is 0 Å². The summed E-state index contributed by atoms with van der Waals surface area (Å²) in [6, 6.07) is -0.122. The van der Waals surface area contributed by atoms with Crippen molar-refractivity contribution < 1.29 is 9.53 Å². The third kappa shape index (κ3) is 3.63. The van der Waals surface area contributed by atoms with Crippen LogP contribution in [0.15, 0.2) is 0 Å². The van der Waals surface area contributed by atoms with Gasteiger partial charge in [-0.2, -0.15) is 0 Å². The first-order valence-corrected chi connectivity index (χ1v) is 6.16. The molecular formula is C11H20N2O2S. The fraction of sp³-hybridized carbons (Fsp3) is 0.818. The molecule has 1 amide bonds. The van der Waals surface area contributed by atoms with Crippen molar-refractivity contribution in [3.05, 3.63) is 0 Å². The average molecular weight is 244 g/mol. The number of piperidine rings is 1. The van der Waals surface area contributed by atoms with Crippen LogP contribution in [0.5, 0.6) is 0 Å². The highest BCUT2D eigenvalue weighted by molar-refractivity contribution is 7.80. The molecule has 0 saturated carbocycles. The van der Waals surface area contributed by atoms with Crippen LogP contribution in [0.1, 0.15) is 33.1 Å². The van der Waals surface area contributed by atoms with E-state index < -0.39 is 0 Å². The van der Waals surface area contributed by atoms with Crippen LogP contribution in [0.25, 0.3) is 0 Å². The topological polar surface area (TPSA) is 55.6 Å². The van der Waals surface area contributed by atoms with Crippen LogP contribution in [0.3, 0.4) is 0 Å². The number of hydrogen-bond acceptors (Lipinski definition) is 3. The van der Waals surface area contributed by atoms with E-state index in [2.05, 4.69) is 0 Å². The molecule has 1 unspecified atom stereocenters. The fourth-order valence-electron chi connectivity index (χ4n) is 1.77. The van der Waals surface area contributed by atoms with Gasteiger partial charge < -0.3 is 10.5 Å². The van der Waals surface area contributed by atoms with E-state index in [9.17, 15) is 4.79 Å². The zero-order valence-corrected chi connectivity index (χ0v) is 10.8. The second-order valence-electron chi connectivity index (χ2n) is 4.58. The van der Waals surface area contributed by atoms with Gasteiger partial charge in [-0.3, -0.25) is 4.90 Å². The molecule has 92 valence electrons. The smallest absolute Gasteiger partial charge is 0.410 e. The summed E-state index contributed by atoms with van der Waals surface area (Å²) in [6.45, 7) is 5.15. The molecule has 4 nitrogen and oxygen atoms in total. The number of likely N-dealkylation sites (tertiary alicyclic amines) is 1. The quantitative estimate of drug-likeness (QED) is 0.771. The van der Waals surface area contributed by atoms with Crippen LogP contribution in [0, 0.1) is 5.92 Å². The molecule has 5 heteroatoms. The van der Waals surface area contributed by atoms with Gasteiger partial charge in [-0.25, -0.2) is 4.79 Å². The fourth-order valence-corrected chi connectivity index (χ4v) is 2.01. The number of nitrogens with zero attached hydrogens (tertiary/aromatic N) is 1. The van der Waals surface area contributed by atoms with Crippen molar-refractivity contribution in [2.75, 3.05) is 13.2 Å². The highest BCUT2D eigenvalue weighted by atomic mass is 32.1. The average Bonchev–Trinajstić information content (AvgIpc) is 2.25. The lowest BCUT2D eigenvalue weighted by Gasteiger charge is -2.34.